The van der Waals surface area contributed by atoms with Crippen LogP contribution in [-0.4, -0.2) is 24.7 Å². The summed E-state index contributed by atoms with van der Waals surface area (Å²) < 4.78 is 0. The van der Waals surface area contributed by atoms with E-state index in [4.69, 9.17) is 0 Å². The Morgan fingerprint density at radius 2 is 2.00 bits per heavy atom. The molecule has 1 heterocycles. The summed E-state index contributed by atoms with van der Waals surface area (Å²) in [6.07, 6.45) is 2.53. The van der Waals surface area contributed by atoms with Crippen molar-refractivity contribution in [2.45, 2.75) is 65.6 Å². The third-order valence-corrected chi connectivity index (χ3v) is 3.41. The molecule has 0 bridgehead atoms. The van der Waals surface area contributed by atoms with Gasteiger partial charge in [0.2, 0.25) is 0 Å². The second-order valence-electron chi connectivity index (χ2n) is 5.83. The highest BCUT2D eigenvalue weighted by Crippen LogP contribution is 2.20. The van der Waals surface area contributed by atoms with Crippen LogP contribution in [0, 0.1) is 5.41 Å². The highest BCUT2D eigenvalue weighted by Gasteiger charge is 2.25. The zero-order valence-corrected chi connectivity index (χ0v) is 10.4. The smallest absolute Gasteiger partial charge is 0.00965 e. The predicted molar refractivity (Wildman–Crippen MR) is 62.5 cm³/mol. The standard InChI is InChI=1S/C12H26N2/c1-9-8-11(6-7-13-9)14-10(2)12(3,4)5/h9-11,13-14H,6-8H2,1-5H3. The van der Waals surface area contributed by atoms with E-state index in [9.17, 15) is 0 Å². The molecule has 0 saturated carbocycles. The van der Waals surface area contributed by atoms with Gasteiger partial charge in [-0.05, 0) is 38.6 Å². The van der Waals surface area contributed by atoms with E-state index in [2.05, 4.69) is 45.3 Å². The van der Waals surface area contributed by atoms with Crippen LogP contribution in [0.5, 0.6) is 0 Å². The van der Waals surface area contributed by atoms with Gasteiger partial charge < -0.3 is 10.6 Å². The Labute approximate surface area is 88.8 Å². The molecule has 2 nitrogen and oxygen atoms in total. The molecule has 0 radical (unpaired) electrons. The zero-order valence-electron chi connectivity index (χ0n) is 10.4. The maximum atomic E-state index is 3.75. The molecule has 0 aromatic carbocycles. The van der Waals surface area contributed by atoms with Crippen LogP contribution in [-0.2, 0) is 0 Å². The van der Waals surface area contributed by atoms with E-state index in [1.165, 1.54) is 12.8 Å². The molecule has 2 heteroatoms. The van der Waals surface area contributed by atoms with Gasteiger partial charge in [-0.15, -0.1) is 0 Å². The number of hydrogen-bond donors (Lipinski definition) is 2. The van der Waals surface area contributed by atoms with E-state index in [1.54, 1.807) is 0 Å². The van der Waals surface area contributed by atoms with Crippen LogP contribution in [0.1, 0.15) is 47.5 Å². The fourth-order valence-corrected chi connectivity index (χ4v) is 1.89. The topological polar surface area (TPSA) is 24.1 Å². The maximum absolute atomic E-state index is 3.75. The summed E-state index contributed by atoms with van der Waals surface area (Å²) in [4.78, 5) is 0. The van der Waals surface area contributed by atoms with Gasteiger partial charge in [0.15, 0.2) is 0 Å². The summed E-state index contributed by atoms with van der Waals surface area (Å²) in [7, 11) is 0. The molecule has 1 rings (SSSR count). The lowest BCUT2D eigenvalue weighted by molar-refractivity contribution is 0.229. The Morgan fingerprint density at radius 1 is 1.36 bits per heavy atom. The molecule has 2 N–H and O–H groups in total. The van der Waals surface area contributed by atoms with Crippen LogP contribution in [0.3, 0.4) is 0 Å². The van der Waals surface area contributed by atoms with Crippen molar-refractivity contribution in [2.75, 3.05) is 6.54 Å². The molecule has 0 aromatic heterocycles. The molecule has 0 aliphatic carbocycles. The van der Waals surface area contributed by atoms with Gasteiger partial charge in [-0.3, -0.25) is 0 Å². The summed E-state index contributed by atoms with van der Waals surface area (Å²) in [6, 6.07) is 1.98. The van der Waals surface area contributed by atoms with Crippen molar-refractivity contribution in [1.29, 1.82) is 0 Å². The van der Waals surface area contributed by atoms with Crippen molar-refractivity contribution in [1.82, 2.24) is 10.6 Å². The zero-order chi connectivity index (χ0) is 10.8. The van der Waals surface area contributed by atoms with E-state index in [1.807, 2.05) is 0 Å². The molecule has 0 spiro atoms. The Bertz CT molecular complexity index is 172. The van der Waals surface area contributed by atoms with Gasteiger partial charge in [-0.25, -0.2) is 0 Å². The second-order valence-corrected chi connectivity index (χ2v) is 5.83. The summed E-state index contributed by atoms with van der Waals surface area (Å²) in [5, 5.41) is 7.23. The predicted octanol–water partition coefficient (Wildman–Crippen LogP) is 2.15. The minimum atomic E-state index is 0.369. The quantitative estimate of drug-likeness (QED) is 0.710. The molecule has 1 aliphatic rings. The highest BCUT2D eigenvalue weighted by molar-refractivity contribution is 4.85. The van der Waals surface area contributed by atoms with E-state index in [-0.39, 0.29) is 0 Å². The van der Waals surface area contributed by atoms with Gasteiger partial charge in [-0.2, -0.15) is 0 Å². The maximum Gasteiger partial charge on any atom is 0.00965 e. The first-order chi connectivity index (χ1) is 6.39. The van der Waals surface area contributed by atoms with Crippen LogP contribution in [0.15, 0.2) is 0 Å². The molecule has 1 aliphatic heterocycles. The van der Waals surface area contributed by atoms with Crippen LogP contribution < -0.4 is 10.6 Å². The van der Waals surface area contributed by atoms with Crippen LogP contribution >= 0.6 is 0 Å². The van der Waals surface area contributed by atoms with Gasteiger partial charge in [0.05, 0.1) is 0 Å². The van der Waals surface area contributed by atoms with Gasteiger partial charge in [-0.1, -0.05) is 20.8 Å². The van der Waals surface area contributed by atoms with Crippen molar-refractivity contribution >= 4 is 0 Å². The normalized spacial score (nSPS) is 31.5. The fourth-order valence-electron chi connectivity index (χ4n) is 1.89. The Hall–Kier alpha value is -0.0800. The van der Waals surface area contributed by atoms with E-state index < -0.39 is 0 Å². The van der Waals surface area contributed by atoms with Crippen molar-refractivity contribution in [3.8, 4) is 0 Å². The third kappa shape index (κ3) is 3.58. The molecular formula is C12H26N2. The lowest BCUT2D eigenvalue weighted by Gasteiger charge is -2.36. The lowest BCUT2D eigenvalue weighted by Crippen LogP contribution is -2.50. The van der Waals surface area contributed by atoms with Crippen molar-refractivity contribution in [2.24, 2.45) is 5.41 Å². The minimum absolute atomic E-state index is 0.369. The average Bonchev–Trinajstić information content (AvgIpc) is 2.02. The summed E-state index contributed by atoms with van der Waals surface area (Å²) in [5.41, 5.74) is 0.369. The monoisotopic (exact) mass is 198 g/mol. The summed E-state index contributed by atoms with van der Waals surface area (Å²) in [6.45, 7) is 12.6. The first-order valence-corrected chi connectivity index (χ1v) is 5.89. The summed E-state index contributed by atoms with van der Waals surface area (Å²) in [5.74, 6) is 0. The summed E-state index contributed by atoms with van der Waals surface area (Å²) >= 11 is 0. The average molecular weight is 198 g/mol. The van der Waals surface area contributed by atoms with Crippen molar-refractivity contribution < 1.29 is 0 Å². The fraction of sp³-hybridized carbons (Fsp3) is 1.00. The van der Waals surface area contributed by atoms with Crippen molar-refractivity contribution in [3.63, 3.8) is 0 Å². The van der Waals surface area contributed by atoms with E-state index >= 15 is 0 Å². The number of rotatable bonds is 2. The minimum Gasteiger partial charge on any atom is -0.314 e. The molecule has 14 heavy (non-hydrogen) atoms. The van der Waals surface area contributed by atoms with E-state index in [0.717, 1.165) is 6.54 Å². The molecule has 84 valence electrons. The van der Waals surface area contributed by atoms with Gasteiger partial charge in [0.1, 0.15) is 0 Å². The van der Waals surface area contributed by atoms with Gasteiger partial charge in [0.25, 0.3) is 0 Å². The Morgan fingerprint density at radius 3 is 2.50 bits per heavy atom. The number of piperidine rings is 1. The molecule has 3 atom stereocenters. The van der Waals surface area contributed by atoms with Crippen LogP contribution in [0.4, 0.5) is 0 Å². The third-order valence-electron chi connectivity index (χ3n) is 3.41. The SMILES string of the molecule is CC1CC(NC(C)C(C)(C)C)CCN1. The molecule has 3 unspecified atom stereocenters. The molecular weight excluding hydrogens is 172 g/mol. The molecule has 1 fully saturated rings. The Kier molecular flexibility index (Phi) is 3.96. The number of nitrogens with one attached hydrogen (secondary N) is 2. The molecule has 1 saturated heterocycles. The Balaban J connectivity index is 2.36. The van der Waals surface area contributed by atoms with Gasteiger partial charge >= 0.3 is 0 Å². The first-order valence-electron chi connectivity index (χ1n) is 5.89. The van der Waals surface area contributed by atoms with Crippen molar-refractivity contribution in [3.05, 3.63) is 0 Å². The highest BCUT2D eigenvalue weighted by atomic mass is 15.0. The number of hydrogen-bond acceptors (Lipinski definition) is 2. The molecule has 0 amide bonds. The first kappa shape index (κ1) is 12.0. The van der Waals surface area contributed by atoms with Crippen LogP contribution in [0.2, 0.25) is 0 Å². The van der Waals surface area contributed by atoms with Crippen LogP contribution in [0.25, 0.3) is 0 Å². The lowest BCUT2D eigenvalue weighted by atomic mass is 9.86. The van der Waals surface area contributed by atoms with Gasteiger partial charge in [0, 0.05) is 18.1 Å². The molecule has 0 aromatic rings. The largest absolute Gasteiger partial charge is 0.314 e. The second kappa shape index (κ2) is 4.63. The van der Waals surface area contributed by atoms with E-state index in [0.29, 0.717) is 23.5 Å².